The van der Waals surface area contributed by atoms with Gasteiger partial charge in [-0.15, -0.1) is 0 Å². The molecule has 9 heterocycles. The molecule has 338 valence electrons. The summed E-state index contributed by atoms with van der Waals surface area (Å²) >= 11 is 0. The van der Waals surface area contributed by atoms with Gasteiger partial charge < -0.3 is 15.0 Å². The molecule has 6 aliphatic rings. The van der Waals surface area contributed by atoms with Crippen LogP contribution in [0.5, 0.6) is 0 Å². The Bertz CT molecular complexity index is 2740. The Morgan fingerprint density at radius 3 is 2.50 bits per heavy atom. The van der Waals surface area contributed by atoms with Gasteiger partial charge in [0, 0.05) is 64.0 Å². The van der Waals surface area contributed by atoms with E-state index in [-0.39, 0.29) is 78.8 Å². The number of likely N-dealkylation sites (tertiary alicyclic amines) is 2. The molecule has 5 aromatic rings. The van der Waals surface area contributed by atoms with Gasteiger partial charge in [0.1, 0.15) is 17.4 Å². The molecule has 0 radical (unpaired) electrons. The molecule has 2 N–H and O–H groups in total. The van der Waals surface area contributed by atoms with Gasteiger partial charge in [-0.05, 0) is 62.6 Å². The molecule has 1 saturated carbocycles. The first-order valence-corrected chi connectivity index (χ1v) is 22.1. The molecule has 1 aromatic carbocycles. The van der Waals surface area contributed by atoms with Crippen LogP contribution < -0.4 is 21.2 Å². The van der Waals surface area contributed by atoms with E-state index in [0.717, 1.165) is 12.0 Å². The molecule has 1 aliphatic carbocycles. The molecular weight excluding hydrogens is 841 g/mol. The SMILES string of the molecule is Cn1c(=O)n(C2CCC(=O)NC2=O)c2cccc(C3CN([C@H]4CCN(C5CCC(n6cc(NC(=O)c7cnn8ccc(N9C[C@H]%10C[C@@H]9CO%10)nc78)c(C(F)F)n6)CC5)CC4(F)F)C3)c21. The first kappa shape index (κ1) is 41.1. The minimum Gasteiger partial charge on any atom is -0.374 e. The number of amides is 3. The van der Waals surface area contributed by atoms with Gasteiger partial charge in [0.05, 0.1) is 60.3 Å². The minimum absolute atomic E-state index is 0.0834. The number of imide groups is 1. The van der Waals surface area contributed by atoms with Crippen molar-refractivity contribution < 1.29 is 36.7 Å². The van der Waals surface area contributed by atoms with Crippen molar-refractivity contribution in [1.82, 2.24) is 48.6 Å². The number of hydrogen-bond acceptors (Lipinski definition) is 11. The normalized spacial score (nSPS) is 27.8. The van der Waals surface area contributed by atoms with Crippen molar-refractivity contribution in [3.05, 3.63) is 70.2 Å². The average Bonchev–Trinajstić information content (AvgIpc) is 4.11. The molecular formula is C43H48F4N12O5. The Balaban J connectivity index is 0.713. The molecule has 5 aliphatic heterocycles. The zero-order chi connectivity index (χ0) is 44.2. The first-order chi connectivity index (χ1) is 30.8. The Kier molecular flexibility index (Phi) is 9.95. The van der Waals surface area contributed by atoms with Crippen LogP contribution in [0, 0.1) is 0 Å². The maximum Gasteiger partial charge on any atom is 0.329 e. The fourth-order valence-corrected chi connectivity index (χ4v) is 11.3. The van der Waals surface area contributed by atoms with Crippen LogP contribution in [0.3, 0.4) is 0 Å². The molecule has 5 saturated heterocycles. The molecule has 1 unspecified atom stereocenters. The van der Waals surface area contributed by atoms with Gasteiger partial charge in [-0.2, -0.15) is 10.2 Å². The molecule has 21 heteroatoms. The summed E-state index contributed by atoms with van der Waals surface area (Å²) in [7, 11) is 1.64. The maximum atomic E-state index is 16.1. The highest BCUT2D eigenvalue weighted by molar-refractivity contribution is 6.08. The van der Waals surface area contributed by atoms with Crippen molar-refractivity contribution >= 4 is 45.9 Å². The van der Waals surface area contributed by atoms with E-state index in [1.807, 2.05) is 28.0 Å². The van der Waals surface area contributed by atoms with E-state index in [9.17, 15) is 28.0 Å². The monoisotopic (exact) mass is 888 g/mol. The number of imidazole rings is 1. The van der Waals surface area contributed by atoms with Gasteiger partial charge in [0.2, 0.25) is 11.8 Å². The van der Waals surface area contributed by atoms with E-state index >= 15 is 8.78 Å². The Morgan fingerprint density at radius 2 is 1.78 bits per heavy atom. The molecule has 17 nitrogen and oxygen atoms in total. The zero-order valence-electron chi connectivity index (χ0n) is 35.1. The van der Waals surface area contributed by atoms with E-state index in [1.54, 1.807) is 19.3 Å². The standard InChI is InChI=1S/C43H48F4N12O5/c1-53-37-28(3-2-4-31(37)59(42(53)63)32-9-10-35(60)51-41(32)62)23-17-55(18-23)33-11-13-54(22-43(33,46)47)24-5-7-25(8-6-24)58-20-30(36(52-58)38(44)45)49-40(61)29-16-48-57-14-12-34(50-39(29)57)56-19-27-15-26(56)21-64-27/h2-4,12,14,16,20,23-27,32-33,38H,5-11,13,15,17-19,21-22H2,1H3,(H,49,61)(H,51,60,62)/t24?,25?,26-,27-,32?,33+/m1/s1. The Morgan fingerprint density at radius 1 is 0.984 bits per heavy atom. The van der Waals surface area contributed by atoms with E-state index < -0.39 is 41.9 Å². The number of alkyl halides is 4. The topological polar surface area (TPSA) is 169 Å². The fourth-order valence-electron chi connectivity index (χ4n) is 11.3. The number of aromatic nitrogens is 7. The lowest BCUT2D eigenvalue weighted by Gasteiger charge is -2.51. The number of hydrogen-bond donors (Lipinski definition) is 2. The number of fused-ring (bicyclic) bond motifs is 4. The third-order valence-electron chi connectivity index (χ3n) is 14.6. The Labute approximate surface area is 363 Å². The second kappa shape index (κ2) is 15.5. The van der Waals surface area contributed by atoms with Crippen molar-refractivity contribution in [1.29, 1.82) is 0 Å². The highest BCUT2D eigenvalue weighted by Gasteiger charge is 2.52. The predicted molar refractivity (Wildman–Crippen MR) is 223 cm³/mol. The minimum atomic E-state index is -2.98. The molecule has 3 amide bonds. The van der Waals surface area contributed by atoms with E-state index in [2.05, 4.69) is 25.7 Å². The summed E-state index contributed by atoms with van der Waals surface area (Å²) in [6.07, 6.45) is 5.53. The van der Waals surface area contributed by atoms with Crippen LogP contribution in [-0.4, -0.2) is 131 Å². The van der Waals surface area contributed by atoms with Crippen molar-refractivity contribution in [3.8, 4) is 0 Å². The number of rotatable bonds is 9. The molecule has 4 atom stereocenters. The summed E-state index contributed by atoms with van der Waals surface area (Å²) in [6, 6.07) is 5.44. The lowest BCUT2D eigenvalue weighted by molar-refractivity contribution is -0.151. The summed E-state index contributed by atoms with van der Waals surface area (Å²) in [4.78, 5) is 62.1. The van der Waals surface area contributed by atoms with Crippen molar-refractivity contribution in [2.75, 3.05) is 49.5 Å². The second-order valence-electron chi connectivity index (χ2n) is 18.3. The summed E-state index contributed by atoms with van der Waals surface area (Å²) < 4.78 is 72.4. The first-order valence-electron chi connectivity index (χ1n) is 22.1. The number of carbonyl (C=O) groups excluding carboxylic acids is 3. The molecule has 11 rings (SSSR count). The van der Waals surface area contributed by atoms with Crippen molar-refractivity contribution in [2.45, 2.75) is 106 Å². The molecule has 6 fully saturated rings. The highest BCUT2D eigenvalue weighted by atomic mass is 19.3. The smallest absolute Gasteiger partial charge is 0.329 e. The Hall–Kier alpha value is -5.67. The largest absolute Gasteiger partial charge is 0.374 e. The van der Waals surface area contributed by atoms with E-state index in [4.69, 9.17) is 9.72 Å². The quantitative estimate of drug-likeness (QED) is 0.162. The van der Waals surface area contributed by atoms with E-state index in [0.29, 0.717) is 81.0 Å². The van der Waals surface area contributed by atoms with Gasteiger partial charge in [-0.3, -0.25) is 43.3 Å². The number of nitrogens with zero attached hydrogens (tertiary/aromatic N) is 10. The molecule has 4 aromatic heterocycles. The van der Waals surface area contributed by atoms with Gasteiger partial charge >= 0.3 is 5.69 Å². The summed E-state index contributed by atoms with van der Waals surface area (Å²) in [5.74, 6) is -3.89. The number of nitrogens with one attached hydrogen (secondary N) is 2. The van der Waals surface area contributed by atoms with Gasteiger partial charge in [-0.1, -0.05) is 12.1 Å². The number of aryl methyl sites for hydroxylation is 1. The number of benzene rings is 1. The summed E-state index contributed by atoms with van der Waals surface area (Å²) in [6.45, 7) is 2.24. The van der Waals surface area contributed by atoms with Gasteiger partial charge in [-0.25, -0.2) is 31.9 Å². The fraction of sp³-hybridized carbons (Fsp3) is 0.558. The number of carbonyl (C=O) groups is 3. The van der Waals surface area contributed by atoms with Crippen LogP contribution >= 0.6 is 0 Å². The third kappa shape index (κ3) is 6.88. The number of ether oxygens (including phenoxy) is 1. The van der Waals surface area contributed by atoms with Crippen LogP contribution in [0.4, 0.5) is 29.1 Å². The number of morpholine rings is 1. The van der Waals surface area contributed by atoms with Crippen LogP contribution in [0.1, 0.15) is 97.4 Å². The van der Waals surface area contributed by atoms with Gasteiger partial charge in [0.25, 0.3) is 18.3 Å². The second-order valence-corrected chi connectivity index (χ2v) is 18.3. The summed E-state index contributed by atoms with van der Waals surface area (Å²) in [5, 5.41) is 13.4. The lowest BCUT2D eigenvalue weighted by atomic mass is 9.84. The number of piperidine rings is 2. The average molecular weight is 889 g/mol. The maximum absolute atomic E-state index is 16.1. The number of para-hydroxylation sites is 1. The van der Waals surface area contributed by atoms with Crippen molar-refractivity contribution in [3.63, 3.8) is 0 Å². The number of halogens is 4. The van der Waals surface area contributed by atoms with Crippen LogP contribution in [0.2, 0.25) is 0 Å². The van der Waals surface area contributed by atoms with Gasteiger partial charge in [0.15, 0.2) is 11.3 Å². The predicted octanol–water partition coefficient (Wildman–Crippen LogP) is 4.02. The molecule has 64 heavy (non-hydrogen) atoms. The molecule has 2 bridgehead atoms. The van der Waals surface area contributed by atoms with Crippen LogP contribution in [-0.2, 0) is 21.4 Å². The highest BCUT2D eigenvalue weighted by Crippen LogP contribution is 2.42. The van der Waals surface area contributed by atoms with Crippen LogP contribution in [0.15, 0.2) is 47.7 Å². The third-order valence-corrected chi connectivity index (χ3v) is 14.6. The van der Waals surface area contributed by atoms with E-state index in [1.165, 1.54) is 30.7 Å². The zero-order valence-corrected chi connectivity index (χ0v) is 35.1. The molecule has 0 spiro atoms. The summed E-state index contributed by atoms with van der Waals surface area (Å²) in [5.41, 5.74) is 1.52. The number of anilines is 2. The van der Waals surface area contributed by atoms with Crippen molar-refractivity contribution in [2.24, 2.45) is 7.05 Å². The lowest BCUT2D eigenvalue weighted by Crippen LogP contribution is -2.64. The van der Waals surface area contributed by atoms with Crippen LogP contribution in [0.25, 0.3) is 16.7 Å².